The number of hydrogen-bond acceptors (Lipinski definition) is 3. The fourth-order valence-electron chi connectivity index (χ4n) is 3.78. The Labute approximate surface area is 128 Å². The van der Waals surface area contributed by atoms with Gasteiger partial charge in [-0.1, -0.05) is 19.9 Å². The first-order valence-corrected chi connectivity index (χ1v) is 8.32. The molecule has 0 amide bonds. The summed E-state index contributed by atoms with van der Waals surface area (Å²) >= 11 is 0. The van der Waals surface area contributed by atoms with E-state index in [1.54, 1.807) is 0 Å². The predicted octanol–water partition coefficient (Wildman–Crippen LogP) is 3.41. The van der Waals surface area contributed by atoms with E-state index >= 15 is 0 Å². The van der Waals surface area contributed by atoms with Crippen molar-refractivity contribution < 1.29 is 9.47 Å². The Balaban J connectivity index is 1.49. The van der Waals surface area contributed by atoms with Crippen LogP contribution in [0.2, 0.25) is 0 Å². The van der Waals surface area contributed by atoms with Crippen LogP contribution in [0.25, 0.3) is 0 Å². The van der Waals surface area contributed by atoms with Gasteiger partial charge >= 0.3 is 0 Å². The standard InChI is InChI=1S/C18H27NO2/c1-13-9-14(2)11-16(10-13)19-6-5-15-3-4-17-18(12-15)21-8-7-20-17/h3-4,12-14,16,19H,5-11H2,1-2H3. The predicted molar refractivity (Wildman–Crippen MR) is 85.1 cm³/mol. The molecule has 1 aliphatic heterocycles. The molecule has 2 unspecified atom stereocenters. The molecule has 1 heterocycles. The van der Waals surface area contributed by atoms with Gasteiger partial charge < -0.3 is 14.8 Å². The van der Waals surface area contributed by atoms with Crippen molar-refractivity contribution >= 4 is 0 Å². The van der Waals surface area contributed by atoms with Gasteiger partial charge in [0.1, 0.15) is 13.2 Å². The molecule has 1 aromatic carbocycles. The van der Waals surface area contributed by atoms with E-state index in [-0.39, 0.29) is 0 Å². The summed E-state index contributed by atoms with van der Waals surface area (Å²) in [6.45, 7) is 7.12. The molecular formula is C18H27NO2. The number of nitrogens with one attached hydrogen (secondary N) is 1. The molecule has 3 heteroatoms. The lowest BCUT2D eigenvalue weighted by Gasteiger charge is -2.32. The molecule has 21 heavy (non-hydrogen) atoms. The number of fused-ring (bicyclic) bond motifs is 1. The Morgan fingerprint density at radius 1 is 1.00 bits per heavy atom. The lowest BCUT2D eigenvalue weighted by molar-refractivity contribution is 0.171. The zero-order valence-electron chi connectivity index (χ0n) is 13.2. The van der Waals surface area contributed by atoms with Gasteiger partial charge in [-0.05, 0) is 61.8 Å². The van der Waals surface area contributed by atoms with Gasteiger partial charge in [-0.3, -0.25) is 0 Å². The van der Waals surface area contributed by atoms with E-state index in [0.717, 1.165) is 36.3 Å². The lowest BCUT2D eigenvalue weighted by Crippen LogP contribution is -2.37. The van der Waals surface area contributed by atoms with E-state index in [1.165, 1.54) is 24.8 Å². The molecule has 0 saturated heterocycles. The third-order valence-electron chi connectivity index (χ3n) is 4.63. The Kier molecular flexibility index (Phi) is 4.69. The van der Waals surface area contributed by atoms with Gasteiger partial charge in [-0.25, -0.2) is 0 Å². The number of rotatable bonds is 4. The van der Waals surface area contributed by atoms with Gasteiger partial charge in [0.2, 0.25) is 0 Å². The molecule has 1 saturated carbocycles. The van der Waals surface area contributed by atoms with Crippen molar-refractivity contribution in [2.24, 2.45) is 11.8 Å². The summed E-state index contributed by atoms with van der Waals surface area (Å²) in [5.41, 5.74) is 1.32. The van der Waals surface area contributed by atoms with Crippen LogP contribution in [-0.2, 0) is 6.42 Å². The number of hydrogen-bond donors (Lipinski definition) is 1. The van der Waals surface area contributed by atoms with Crippen molar-refractivity contribution in [3.8, 4) is 11.5 Å². The van der Waals surface area contributed by atoms with Gasteiger partial charge in [-0.15, -0.1) is 0 Å². The Bertz CT molecular complexity index is 464. The Morgan fingerprint density at radius 3 is 2.48 bits per heavy atom. The van der Waals surface area contributed by atoms with E-state index in [0.29, 0.717) is 19.3 Å². The highest BCUT2D eigenvalue weighted by Crippen LogP contribution is 2.31. The largest absolute Gasteiger partial charge is 0.486 e. The monoisotopic (exact) mass is 289 g/mol. The summed E-state index contributed by atoms with van der Waals surface area (Å²) in [6.07, 6.45) is 5.09. The minimum Gasteiger partial charge on any atom is -0.486 e. The molecular weight excluding hydrogens is 262 g/mol. The molecule has 2 atom stereocenters. The van der Waals surface area contributed by atoms with E-state index in [4.69, 9.17) is 9.47 Å². The summed E-state index contributed by atoms with van der Waals surface area (Å²) in [5, 5.41) is 3.74. The molecule has 1 N–H and O–H groups in total. The van der Waals surface area contributed by atoms with Gasteiger partial charge in [0.05, 0.1) is 0 Å². The highest BCUT2D eigenvalue weighted by molar-refractivity contribution is 5.43. The van der Waals surface area contributed by atoms with Crippen molar-refractivity contribution in [2.75, 3.05) is 19.8 Å². The normalized spacial score (nSPS) is 28.4. The maximum atomic E-state index is 5.64. The van der Waals surface area contributed by atoms with Crippen molar-refractivity contribution in [1.29, 1.82) is 0 Å². The second kappa shape index (κ2) is 6.69. The minimum atomic E-state index is 0.659. The zero-order chi connectivity index (χ0) is 14.7. The molecule has 1 fully saturated rings. The van der Waals surface area contributed by atoms with Crippen LogP contribution in [0, 0.1) is 11.8 Å². The molecule has 0 spiro atoms. The van der Waals surface area contributed by atoms with Crippen molar-refractivity contribution in [3.05, 3.63) is 23.8 Å². The van der Waals surface area contributed by atoms with E-state index in [9.17, 15) is 0 Å². The summed E-state index contributed by atoms with van der Waals surface area (Å²) < 4.78 is 11.2. The van der Waals surface area contributed by atoms with Crippen LogP contribution in [0.3, 0.4) is 0 Å². The molecule has 116 valence electrons. The first-order chi connectivity index (χ1) is 10.2. The molecule has 0 radical (unpaired) electrons. The van der Waals surface area contributed by atoms with Crippen molar-refractivity contribution in [2.45, 2.75) is 45.6 Å². The number of benzene rings is 1. The zero-order valence-corrected chi connectivity index (χ0v) is 13.2. The second-order valence-corrected chi connectivity index (χ2v) is 6.80. The first kappa shape index (κ1) is 14.7. The van der Waals surface area contributed by atoms with Crippen LogP contribution in [0.15, 0.2) is 18.2 Å². The van der Waals surface area contributed by atoms with Crippen LogP contribution in [0.1, 0.15) is 38.7 Å². The fraction of sp³-hybridized carbons (Fsp3) is 0.667. The number of ether oxygens (including phenoxy) is 2. The molecule has 1 aliphatic carbocycles. The molecule has 1 aromatic rings. The molecule has 0 bridgehead atoms. The summed E-state index contributed by atoms with van der Waals surface area (Å²) in [4.78, 5) is 0. The van der Waals surface area contributed by atoms with Crippen LogP contribution >= 0.6 is 0 Å². The van der Waals surface area contributed by atoms with Crippen LogP contribution in [-0.4, -0.2) is 25.8 Å². The Morgan fingerprint density at radius 2 is 1.71 bits per heavy atom. The highest BCUT2D eigenvalue weighted by atomic mass is 16.6. The maximum Gasteiger partial charge on any atom is 0.161 e. The third kappa shape index (κ3) is 3.91. The lowest BCUT2D eigenvalue weighted by atomic mass is 9.80. The average molecular weight is 289 g/mol. The maximum absolute atomic E-state index is 5.64. The fourth-order valence-corrected chi connectivity index (χ4v) is 3.78. The van der Waals surface area contributed by atoms with Crippen molar-refractivity contribution in [1.82, 2.24) is 5.32 Å². The Hall–Kier alpha value is -1.22. The SMILES string of the molecule is CC1CC(C)CC(NCCc2ccc3c(c2)OCCO3)C1. The van der Waals surface area contributed by atoms with Gasteiger partial charge in [-0.2, -0.15) is 0 Å². The van der Waals surface area contributed by atoms with E-state index < -0.39 is 0 Å². The van der Waals surface area contributed by atoms with E-state index in [1.807, 2.05) is 6.07 Å². The molecule has 0 aromatic heterocycles. The highest BCUT2D eigenvalue weighted by Gasteiger charge is 2.23. The third-order valence-corrected chi connectivity index (χ3v) is 4.63. The minimum absolute atomic E-state index is 0.659. The molecule has 3 rings (SSSR count). The summed E-state index contributed by atoms with van der Waals surface area (Å²) in [5.74, 6) is 3.51. The smallest absolute Gasteiger partial charge is 0.161 e. The van der Waals surface area contributed by atoms with Crippen LogP contribution in [0.5, 0.6) is 11.5 Å². The van der Waals surface area contributed by atoms with Gasteiger partial charge in [0.25, 0.3) is 0 Å². The first-order valence-electron chi connectivity index (χ1n) is 8.32. The van der Waals surface area contributed by atoms with Gasteiger partial charge in [0.15, 0.2) is 11.5 Å². The molecule has 3 nitrogen and oxygen atoms in total. The average Bonchev–Trinajstić information content (AvgIpc) is 2.46. The topological polar surface area (TPSA) is 30.5 Å². The second-order valence-electron chi connectivity index (χ2n) is 6.80. The van der Waals surface area contributed by atoms with Gasteiger partial charge in [0, 0.05) is 6.04 Å². The van der Waals surface area contributed by atoms with Crippen LogP contribution < -0.4 is 14.8 Å². The van der Waals surface area contributed by atoms with Crippen molar-refractivity contribution in [3.63, 3.8) is 0 Å². The quantitative estimate of drug-likeness (QED) is 0.921. The van der Waals surface area contributed by atoms with Crippen LogP contribution in [0.4, 0.5) is 0 Å². The van der Waals surface area contributed by atoms with E-state index in [2.05, 4.69) is 31.3 Å². The summed E-state index contributed by atoms with van der Waals surface area (Å²) in [6, 6.07) is 7.01. The summed E-state index contributed by atoms with van der Waals surface area (Å²) in [7, 11) is 0. The molecule has 2 aliphatic rings.